The van der Waals surface area contributed by atoms with Crippen LogP contribution in [0.4, 0.5) is 0 Å². The quantitative estimate of drug-likeness (QED) is 0.0945. The number of hydrogen-bond acceptors (Lipinski definition) is 12. The zero-order valence-electron chi connectivity index (χ0n) is 20.4. The summed E-state index contributed by atoms with van der Waals surface area (Å²) in [7, 11) is 2.00. The molecule has 0 saturated carbocycles. The Bertz CT molecular complexity index is 234. The maximum atomic E-state index is 8.96. The maximum absolute atomic E-state index is 8.96. The summed E-state index contributed by atoms with van der Waals surface area (Å²) in [6.45, 7) is 12.1. The second-order valence-electron chi connectivity index (χ2n) is 5.61. The van der Waals surface area contributed by atoms with Crippen LogP contribution in [-0.4, -0.2) is 127 Å². The predicted octanol–water partition coefficient (Wildman–Crippen LogP) is -2.16. The van der Waals surface area contributed by atoms with E-state index in [0.29, 0.717) is 13.2 Å². The first-order valence-corrected chi connectivity index (χ1v) is 9.56. The van der Waals surface area contributed by atoms with Crippen molar-refractivity contribution >= 4 is 0 Å². The van der Waals surface area contributed by atoms with Crippen molar-refractivity contribution in [1.29, 1.82) is 0 Å². The van der Waals surface area contributed by atoms with E-state index in [1.54, 1.807) is 0 Å². The second kappa shape index (κ2) is 32.4. The number of rotatable bonds is 9. The average molecular weight is 500 g/mol. The van der Waals surface area contributed by atoms with Gasteiger partial charge in [-0.25, -0.2) is 9.80 Å². The van der Waals surface area contributed by atoms with Gasteiger partial charge in [-0.2, -0.15) is 0 Å². The van der Waals surface area contributed by atoms with Crippen LogP contribution in [0, 0.1) is 0 Å². The number of nitrogens with zero attached hydrogens (tertiary/aromatic N) is 2. The Morgan fingerprint density at radius 2 is 0.774 bits per heavy atom. The molecule has 0 aromatic carbocycles. The Balaban J connectivity index is -0.0000000704. The monoisotopic (exact) mass is 500 g/mol. The van der Waals surface area contributed by atoms with Gasteiger partial charge in [0.2, 0.25) is 0 Å². The van der Waals surface area contributed by atoms with Crippen molar-refractivity contribution in [2.24, 2.45) is 0 Å². The Morgan fingerprint density at radius 1 is 0.581 bits per heavy atom. The van der Waals surface area contributed by atoms with Gasteiger partial charge in [0.25, 0.3) is 0 Å². The molecule has 0 spiro atoms. The molecule has 0 fully saturated rings. The molecule has 31 heavy (non-hydrogen) atoms. The molecule has 6 atom stereocenters. The Labute approximate surface area is 202 Å². The fraction of sp³-hybridized carbons (Fsp3) is 1.00. The zero-order valence-corrected chi connectivity index (χ0v) is 22.0. The summed E-state index contributed by atoms with van der Waals surface area (Å²) in [6, 6.07) is 0. The molecule has 0 rings (SSSR count). The third kappa shape index (κ3) is 32.5. The number of ether oxygens (including phenoxy) is 1. The number of hydrogen-bond donors (Lipinski definition) is 9. The van der Waals surface area contributed by atoms with Gasteiger partial charge in [-0.05, 0) is 48.5 Å². The fourth-order valence-corrected chi connectivity index (χ4v) is 2.08. The molecule has 0 aliphatic carbocycles. The third-order valence-electron chi connectivity index (χ3n) is 3.03. The van der Waals surface area contributed by atoms with Crippen molar-refractivity contribution in [2.75, 3.05) is 34.0 Å². The van der Waals surface area contributed by atoms with Crippen molar-refractivity contribution in [3.8, 4) is 0 Å². The normalized spacial score (nSPS) is 15.5. The van der Waals surface area contributed by atoms with Crippen LogP contribution < -0.4 is 0 Å². The molecule has 0 saturated heterocycles. The molecule has 0 amide bonds. The van der Waals surface area contributed by atoms with Gasteiger partial charge in [-0.1, -0.05) is 0 Å². The molecule has 13 heteroatoms. The van der Waals surface area contributed by atoms with Crippen LogP contribution in [0.1, 0.15) is 48.5 Å². The van der Waals surface area contributed by atoms with Crippen LogP contribution in [0.3, 0.4) is 0 Å². The molecular weight excluding hydrogens is 452 g/mol. The smallest absolute Gasteiger partial charge is 0.400 e. The van der Waals surface area contributed by atoms with Gasteiger partial charge in [-0.3, -0.25) is 0 Å². The Hall–Kier alpha value is 0.234. The van der Waals surface area contributed by atoms with Crippen molar-refractivity contribution in [3.05, 3.63) is 0 Å². The summed E-state index contributed by atoms with van der Waals surface area (Å²) in [4.78, 5) is 2.33. The van der Waals surface area contributed by atoms with Crippen LogP contribution in [0.25, 0.3) is 0 Å². The van der Waals surface area contributed by atoms with Crippen molar-refractivity contribution < 1.29 is 72.4 Å². The van der Waals surface area contributed by atoms with E-state index in [1.165, 1.54) is 51.3 Å². The third-order valence-corrected chi connectivity index (χ3v) is 3.03. The molecule has 0 aliphatic heterocycles. The van der Waals surface area contributed by atoms with Gasteiger partial charge >= 0.3 is 21.7 Å². The standard InChI is InChI=1S/2C6H15NO3.C4H10O2.2CH4O.Ti/c2*1-4(8)7(5(2)9)6(3)10;1-2-6-4-3-5;2*1-2;/h2*4-6,8-10H,1-3H3;5H,2-4H2,1H3;2*2H,1H3;/q;;;;;+2. The van der Waals surface area contributed by atoms with Crippen molar-refractivity contribution in [3.63, 3.8) is 0 Å². The average Bonchev–Trinajstić information content (AvgIpc) is 2.62. The minimum Gasteiger partial charge on any atom is -0.400 e. The first-order chi connectivity index (χ1) is 13.8. The summed E-state index contributed by atoms with van der Waals surface area (Å²) in [5, 5.41) is 75.8. The molecule has 0 heterocycles. The molecule has 0 radical (unpaired) electrons. The van der Waals surface area contributed by atoms with Gasteiger partial charge in [0, 0.05) is 20.8 Å². The van der Waals surface area contributed by atoms with E-state index in [2.05, 4.69) is 0 Å². The van der Waals surface area contributed by atoms with Crippen LogP contribution in [-0.2, 0) is 26.5 Å². The van der Waals surface area contributed by atoms with Gasteiger partial charge in [-0.15, -0.1) is 0 Å². The fourth-order valence-electron chi connectivity index (χ4n) is 2.08. The minimum absolute atomic E-state index is 0. The molecule has 9 N–H and O–H groups in total. The summed E-state index contributed by atoms with van der Waals surface area (Å²) in [5.41, 5.74) is 0. The van der Waals surface area contributed by atoms with Crippen LogP contribution in [0.15, 0.2) is 0 Å². The van der Waals surface area contributed by atoms with Crippen LogP contribution in [0.2, 0.25) is 0 Å². The summed E-state index contributed by atoms with van der Waals surface area (Å²) < 4.78 is 4.73. The Morgan fingerprint density at radius 3 is 0.806 bits per heavy atom. The second-order valence-corrected chi connectivity index (χ2v) is 5.61. The SMILES string of the molecule is CC(O)N(C(C)O)C(C)O.CC(O)N(C(C)O)C(C)O.CCOCCO.CO.CO.[Ti+2]. The topological polar surface area (TPSA) is 198 Å². The zero-order chi connectivity index (χ0) is 25.4. The van der Waals surface area contributed by atoms with Crippen molar-refractivity contribution in [2.45, 2.75) is 85.8 Å². The summed E-state index contributed by atoms with van der Waals surface area (Å²) >= 11 is 0. The molecule has 192 valence electrons. The van der Waals surface area contributed by atoms with Crippen LogP contribution >= 0.6 is 0 Å². The van der Waals surface area contributed by atoms with Gasteiger partial charge in [0.1, 0.15) is 37.4 Å². The molecule has 0 aromatic heterocycles. The molecule has 0 aliphatic rings. The van der Waals surface area contributed by atoms with E-state index >= 15 is 0 Å². The molecule has 0 bridgehead atoms. The molecule has 0 aromatic rings. The van der Waals surface area contributed by atoms with Gasteiger partial charge in [0.05, 0.1) is 13.2 Å². The van der Waals surface area contributed by atoms with E-state index in [1.807, 2.05) is 6.92 Å². The Kier molecular flexibility index (Phi) is 46.9. The molecule has 6 unspecified atom stereocenters. The van der Waals surface area contributed by atoms with Crippen molar-refractivity contribution in [1.82, 2.24) is 9.80 Å². The largest absolute Gasteiger partial charge is 2.00 e. The molecular formula is C18H48N2O10Ti+2. The summed E-state index contributed by atoms with van der Waals surface area (Å²) in [6.07, 6.45) is -5.00. The predicted molar refractivity (Wildman–Crippen MR) is 114 cm³/mol. The molecule has 12 nitrogen and oxygen atoms in total. The van der Waals surface area contributed by atoms with E-state index in [0.717, 1.165) is 14.2 Å². The van der Waals surface area contributed by atoms with E-state index in [4.69, 9.17) is 50.7 Å². The maximum Gasteiger partial charge on any atom is 2.00 e. The first-order valence-electron chi connectivity index (χ1n) is 9.56. The first kappa shape index (κ1) is 44.8. The van der Waals surface area contributed by atoms with E-state index in [9.17, 15) is 0 Å². The number of aliphatic hydroxyl groups is 9. The minimum atomic E-state index is -0.833. The van der Waals surface area contributed by atoms with Gasteiger partial charge < -0.3 is 50.7 Å². The van der Waals surface area contributed by atoms with Gasteiger partial charge in [0.15, 0.2) is 0 Å². The number of aliphatic hydroxyl groups excluding tert-OH is 9. The van der Waals surface area contributed by atoms with E-state index in [-0.39, 0.29) is 28.3 Å². The van der Waals surface area contributed by atoms with E-state index < -0.39 is 37.4 Å². The summed E-state index contributed by atoms with van der Waals surface area (Å²) in [5.74, 6) is 0. The van der Waals surface area contributed by atoms with Crippen LogP contribution in [0.5, 0.6) is 0 Å².